The van der Waals surface area contributed by atoms with Crippen molar-refractivity contribution in [2.75, 3.05) is 7.11 Å². The lowest BCUT2D eigenvalue weighted by Gasteiger charge is -2.37. The molecule has 1 aliphatic carbocycles. The number of rotatable bonds is 3. The lowest BCUT2D eigenvalue weighted by Crippen LogP contribution is -2.68. The van der Waals surface area contributed by atoms with Crippen LogP contribution < -0.4 is 10.6 Å². The summed E-state index contributed by atoms with van der Waals surface area (Å²) in [5.74, 6) is -0.687. The van der Waals surface area contributed by atoms with Crippen LogP contribution in [0.1, 0.15) is 38.5 Å². The standard InChI is InChI=1S/C12H18N2O4/c1-18-9(15)5-4-8-10(16)14-12(11(17)13-8)6-2-3-7-12/h8H,2-7H2,1H3,(H,13,17)(H,14,16)/t8-/m0/s1. The highest BCUT2D eigenvalue weighted by Gasteiger charge is 2.47. The Hall–Kier alpha value is -1.59. The second-order valence-electron chi connectivity index (χ2n) is 4.92. The molecule has 0 unspecified atom stereocenters. The molecule has 1 aliphatic heterocycles. The molecule has 6 nitrogen and oxygen atoms in total. The van der Waals surface area contributed by atoms with Gasteiger partial charge in [0.05, 0.1) is 7.11 Å². The van der Waals surface area contributed by atoms with Gasteiger partial charge >= 0.3 is 5.97 Å². The summed E-state index contributed by atoms with van der Waals surface area (Å²) in [6.45, 7) is 0. The molecule has 2 fully saturated rings. The Morgan fingerprint density at radius 1 is 1.39 bits per heavy atom. The van der Waals surface area contributed by atoms with Crippen molar-refractivity contribution in [2.45, 2.75) is 50.1 Å². The van der Waals surface area contributed by atoms with Crippen LogP contribution in [0.25, 0.3) is 0 Å². The number of methoxy groups -OCH3 is 1. The molecule has 1 heterocycles. The number of piperazine rings is 1. The van der Waals surface area contributed by atoms with Crippen molar-refractivity contribution in [2.24, 2.45) is 0 Å². The average molecular weight is 254 g/mol. The van der Waals surface area contributed by atoms with Gasteiger partial charge in [0.1, 0.15) is 11.6 Å². The highest BCUT2D eigenvalue weighted by Crippen LogP contribution is 2.31. The van der Waals surface area contributed by atoms with Crippen LogP contribution in [0.2, 0.25) is 0 Å². The first-order valence-electron chi connectivity index (χ1n) is 6.27. The van der Waals surface area contributed by atoms with Gasteiger partial charge in [-0.1, -0.05) is 12.8 Å². The fraction of sp³-hybridized carbons (Fsp3) is 0.750. The van der Waals surface area contributed by atoms with Gasteiger partial charge in [0.2, 0.25) is 11.8 Å². The number of amides is 2. The van der Waals surface area contributed by atoms with Gasteiger partial charge in [-0.2, -0.15) is 0 Å². The molecule has 1 spiro atoms. The van der Waals surface area contributed by atoms with E-state index >= 15 is 0 Å². The zero-order chi connectivity index (χ0) is 13.2. The summed E-state index contributed by atoms with van der Waals surface area (Å²) in [5.41, 5.74) is -0.696. The van der Waals surface area contributed by atoms with Gasteiger partial charge in [-0.3, -0.25) is 14.4 Å². The quantitative estimate of drug-likeness (QED) is 0.687. The van der Waals surface area contributed by atoms with E-state index in [2.05, 4.69) is 15.4 Å². The van der Waals surface area contributed by atoms with Gasteiger partial charge in [-0.25, -0.2) is 0 Å². The Morgan fingerprint density at radius 3 is 2.67 bits per heavy atom. The van der Waals surface area contributed by atoms with Crippen LogP contribution in [0, 0.1) is 0 Å². The summed E-state index contributed by atoms with van der Waals surface area (Å²) >= 11 is 0. The largest absolute Gasteiger partial charge is 0.469 e. The summed E-state index contributed by atoms with van der Waals surface area (Å²) in [4.78, 5) is 35.0. The Kier molecular flexibility index (Phi) is 3.54. The van der Waals surface area contributed by atoms with E-state index in [1.807, 2.05) is 0 Å². The molecule has 0 aromatic heterocycles. The maximum Gasteiger partial charge on any atom is 0.305 e. The van der Waals surface area contributed by atoms with Crippen LogP contribution >= 0.6 is 0 Å². The van der Waals surface area contributed by atoms with Gasteiger partial charge in [0.25, 0.3) is 0 Å². The second-order valence-corrected chi connectivity index (χ2v) is 4.92. The predicted molar refractivity (Wildman–Crippen MR) is 62.5 cm³/mol. The molecule has 2 amide bonds. The van der Waals surface area contributed by atoms with Gasteiger partial charge < -0.3 is 15.4 Å². The average Bonchev–Trinajstić information content (AvgIpc) is 2.81. The van der Waals surface area contributed by atoms with E-state index < -0.39 is 11.6 Å². The normalized spacial score (nSPS) is 25.7. The Bertz CT molecular complexity index is 374. The van der Waals surface area contributed by atoms with E-state index in [9.17, 15) is 14.4 Å². The topological polar surface area (TPSA) is 84.5 Å². The summed E-state index contributed by atoms with van der Waals surface area (Å²) in [6, 6.07) is -0.622. The van der Waals surface area contributed by atoms with E-state index in [-0.39, 0.29) is 30.6 Å². The zero-order valence-corrected chi connectivity index (χ0v) is 10.5. The fourth-order valence-electron chi connectivity index (χ4n) is 2.64. The van der Waals surface area contributed by atoms with E-state index in [1.165, 1.54) is 7.11 Å². The molecule has 1 saturated carbocycles. The van der Waals surface area contributed by atoms with Crippen molar-refractivity contribution in [3.05, 3.63) is 0 Å². The number of nitrogens with one attached hydrogen (secondary N) is 2. The van der Waals surface area contributed by atoms with Crippen molar-refractivity contribution in [3.8, 4) is 0 Å². The Labute approximate surface area is 105 Å². The minimum atomic E-state index is -0.696. The number of ether oxygens (including phenoxy) is 1. The van der Waals surface area contributed by atoms with Crippen LogP contribution in [0.15, 0.2) is 0 Å². The number of esters is 1. The SMILES string of the molecule is COC(=O)CC[C@@H]1NC(=O)C2(CCCC2)NC1=O. The molecule has 6 heteroatoms. The van der Waals surface area contributed by atoms with E-state index in [0.29, 0.717) is 12.8 Å². The lowest BCUT2D eigenvalue weighted by atomic mass is 9.91. The fourth-order valence-corrected chi connectivity index (χ4v) is 2.64. The van der Waals surface area contributed by atoms with Crippen LogP contribution in [0.5, 0.6) is 0 Å². The highest BCUT2D eigenvalue weighted by atomic mass is 16.5. The molecule has 1 saturated heterocycles. The van der Waals surface area contributed by atoms with E-state index in [1.54, 1.807) is 0 Å². The number of carbonyl (C=O) groups is 3. The smallest absolute Gasteiger partial charge is 0.305 e. The summed E-state index contributed by atoms with van der Waals surface area (Å²) in [6.07, 6.45) is 3.73. The monoisotopic (exact) mass is 254 g/mol. The van der Waals surface area contributed by atoms with Crippen LogP contribution in [0.3, 0.4) is 0 Å². The van der Waals surface area contributed by atoms with Crippen LogP contribution in [-0.2, 0) is 19.1 Å². The first kappa shape index (κ1) is 12.9. The number of carbonyl (C=O) groups excluding carboxylic acids is 3. The highest BCUT2D eigenvalue weighted by molar-refractivity contribution is 6.00. The lowest BCUT2D eigenvalue weighted by molar-refractivity contribution is -0.144. The molecule has 0 aromatic carbocycles. The summed E-state index contributed by atoms with van der Waals surface area (Å²) < 4.78 is 4.51. The van der Waals surface area contributed by atoms with Crippen LogP contribution in [-0.4, -0.2) is 36.5 Å². The molecule has 0 radical (unpaired) electrons. The van der Waals surface area contributed by atoms with E-state index in [0.717, 1.165) is 12.8 Å². The van der Waals surface area contributed by atoms with Crippen molar-refractivity contribution in [3.63, 3.8) is 0 Å². The molecule has 0 bridgehead atoms. The maximum atomic E-state index is 12.0. The van der Waals surface area contributed by atoms with Crippen LogP contribution in [0.4, 0.5) is 0 Å². The molecular weight excluding hydrogens is 236 g/mol. The van der Waals surface area contributed by atoms with Crippen molar-refractivity contribution in [1.82, 2.24) is 10.6 Å². The molecular formula is C12H18N2O4. The van der Waals surface area contributed by atoms with Crippen molar-refractivity contribution >= 4 is 17.8 Å². The molecule has 2 aliphatic rings. The minimum absolute atomic E-state index is 0.116. The summed E-state index contributed by atoms with van der Waals surface area (Å²) in [7, 11) is 1.30. The second kappa shape index (κ2) is 4.96. The molecule has 2 N–H and O–H groups in total. The molecule has 100 valence electrons. The third-order valence-electron chi connectivity index (χ3n) is 3.74. The molecule has 2 rings (SSSR count). The predicted octanol–water partition coefficient (Wildman–Crippen LogP) is -0.133. The van der Waals surface area contributed by atoms with Gasteiger partial charge in [0, 0.05) is 6.42 Å². The van der Waals surface area contributed by atoms with Gasteiger partial charge in [0.15, 0.2) is 0 Å². The molecule has 18 heavy (non-hydrogen) atoms. The number of hydrogen-bond donors (Lipinski definition) is 2. The third kappa shape index (κ3) is 2.32. The Balaban J connectivity index is 1.95. The molecule has 0 aromatic rings. The Morgan fingerprint density at radius 2 is 2.06 bits per heavy atom. The first-order chi connectivity index (χ1) is 8.57. The van der Waals surface area contributed by atoms with Gasteiger partial charge in [-0.05, 0) is 19.3 Å². The summed E-state index contributed by atoms with van der Waals surface area (Å²) in [5, 5.41) is 5.55. The van der Waals surface area contributed by atoms with E-state index in [4.69, 9.17) is 0 Å². The van der Waals surface area contributed by atoms with Gasteiger partial charge in [-0.15, -0.1) is 0 Å². The zero-order valence-electron chi connectivity index (χ0n) is 10.5. The minimum Gasteiger partial charge on any atom is -0.469 e. The van der Waals surface area contributed by atoms with Crippen molar-refractivity contribution in [1.29, 1.82) is 0 Å². The van der Waals surface area contributed by atoms with Crippen molar-refractivity contribution < 1.29 is 19.1 Å². The third-order valence-corrected chi connectivity index (χ3v) is 3.74. The number of hydrogen-bond acceptors (Lipinski definition) is 4. The molecule has 1 atom stereocenters. The maximum absolute atomic E-state index is 12.0. The first-order valence-corrected chi connectivity index (χ1v) is 6.27.